The lowest BCUT2D eigenvalue weighted by Crippen LogP contribution is -2.46. The largest absolute Gasteiger partial charge is 0.338 e. The number of piperazine rings is 1. The van der Waals surface area contributed by atoms with Crippen LogP contribution in [0.25, 0.3) is 5.65 Å². The third kappa shape index (κ3) is 4.20. The molecule has 144 valence electrons. The first kappa shape index (κ1) is 18.1. The van der Waals surface area contributed by atoms with Crippen molar-refractivity contribution in [2.45, 2.75) is 45.7 Å². The number of aromatic nitrogens is 4. The van der Waals surface area contributed by atoms with Gasteiger partial charge in [-0.1, -0.05) is 24.6 Å². The molecule has 4 rings (SSSR count). The minimum absolute atomic E-state index is 0.172. The Morgan fingerprint density at radius 1 is 1.15 bits per heavy atom. The van der Waals surface area contributed by atoms with Gasteiger partial charge < -0.3 is 8.92 Å². The standard InChI is InChI=1S/C20H28N6O/c1-3-4-7-18-22-20(27-23-18)16(2)25-12-10-24(11-13-25)14-17-15-26-9-6-5-8-19(26)21-17/h5-6,8-9,15-16H,3-4,7,10-14H2,1-2H3. The van der Waals surface area contributed by atoms with Gasteiger partial charge in [0.25, 0.3) is 0 Å². The number of hydrogen-bond donors (Lipinski definition) is 0. The maximum Gasteiger partial charge on any atom is 0.243 e. The number of nitrogens with zero attached hydrogens (tertiary/aromatic N) is 6. The fourth-order valence-electron chi connectivity index (χ4n) is 3.63. The summed E-state index contributed by atoms with van der Waals surface area (Å²) in [6, 6.07) is 6.27. The molecule has 3 aromatic heterocycles. The summed E-state index contributed by atoms with van der Waals surface area (Å²) in [6.07, 6.45) is 7.33. The first-order chi connectivity index (χ1) is 13.2. The summed E-state index contributed by atoms with van der Waals surface area (Å²) < 4.78 is 7.59. The summed E-state index contributed by atoms with van der Waals surface area (Å²) in [5.74, 6) is 1.58. The molecule has 0 aliphatic carbocycles. The van der Waals surface area contributed by atoms with Crippen LogP contribution in [0.2, 0.25) is 0 Å². The van der Waals surface area contributed by atoms with Crippen molar-refractivity contribution >= 4 is 5.65 Å². The van der Waals surface area contributed by atoms with E-state index in [1.54, 1.807) is 0 Å². The number of imidazole rings is 1. The Bertz CT molecular complexity index is 831. The van der Waals surface area contributed by atoms with Crippen molar-refractivity contribution in [3.8, 4) is 0 Å². The van der Waals surface area contributed by atoms with Crippen LogP contribution in [-0.2, 0) is 13.0 Å². The minimum Gasteiger partial charge on any atom is -0.338 e. The van der Waals surface area contributed by atoms with E-state index in [-0.39, 0.29) is 6.04 Å². The molecule has 1 aliphatic rings. The van der Waals surface area contributed by atoms with Gasteiger partial charge in [0.1, 0.15) is 5.65 Å². The highest BCUT2D eigenvalue weighted by Gasteiger charge is 2.26. The molecule has 1 atom stereocenters. The fourth-order valence-corrected chi connectivity index (χ4v) is 3.63. The number of hydrogen-bond acceptors (Lipinski definition) is 6. The first-order valence-corrected chi connectivity index (χ1v) is 9.94. The highest BCUT2D eigenvalue weighted by Crippen LogP contribution is 2.21. The molecule has 1 aliphatic heterocycles. The second-order valence-electron chi connectivity index (χ2n) is 7.34. The molecule has 0 bridgehead atoms. The molecule has 1 fully saturated rings. The van der Waals surface area contributed by atoms with E-state index in [1.807, 2.05) is 24.4 Å². The lowest BCUT2D eigenvalue weighted by Gasteiger charge is -2.36. The predicted molar refractivity (Wildman–Crippen MR) is 103 cm³/mol. The molecule has 3 aromatic rings. The van der Waals surface area contributed by atoms with Crippen LogP contribution in [0.4, 0.5) is 0 Å². The van der Waals surface area contributed by atoms with E-state index in [9.17, 15) is 0 Å². The van der Waals surface area contributed by atoms with Gasteiger partial charge in [-0.3, -0.25) is 9.80 Å². The Morgan fingerprint density at radius 2 is 2.00 bits per heavy atom. The van der Waals surface area contributed by atoms with Crippen LogP contribution < -0.4 is 0 Å². The highest BCUT2D eigenvalue weighted by molar-refractivity contribution is 5.39. The van der Waals surface area contributed by atoms with Crippen molar-refractivity contribution in [1.82, 2.24) is 29.3 Å². The Kier molecular flexibility index (Phi) is 5.50. The second-order valence-corrected chi connectivity index (χ2v) is 7.34. The molecule has 1 unspecified atom stereocenters. The van der Waals surface area contributed by atoms with Gasteiger partial charge in [0.2, 0.25) is 5.89 Å². The summed E-state index contributed by atoms with van der Waals surface area (Å²) in [5, 5.41) is 4.13. The fraction of sp³-hybridized carbons (Fsp3) is 0.550. The van der Waals surface area contributed by atoms with E-state index < -0.39 is 0 Å². The Balaban J connectivity index is 1.31. The monoisotopic (exact) mass is 368 g/mol. The van der Waals surface area contributed by atoms with E-state index in [0.717, 1.165) is 75.0 Å². The number of unbranched alkanes of at least 4 members (excludes halogenated alkanes) is 1. The van der Waals surface area contributed by atoms with Crippen molar-refractivity contribution in [1.29, 1.82) is 0 Å². The summed E-state index contributed by atoms with van der Waals surface area (Å²) in [6.45, 7) is 9.28. The van der Waals surface area contributed by atoms with Crippen LogP contribution in [0.1, 0.15) is 50.1 Å². The van der Waals surface area contributed by atoms with Gasteiger partial charge >= 0.3 is 0 Å². The van der Waals surface area contributed by atoms with Gasteiger partial charge in [-0.05, 0) is 25.5 Å². The van der Waals surface area contributed by atoms with Crippen LogP contribution in [0.15, 0.2) is 35.1 Å². The maximum absolute atomic E-state index is 5.50. The van der Waals surface area contributed by atoms with Gasteiger partial charge in [0, 0.05) is 51.5 Å². The first-order valence-electron chi connectivity index (χ1n) is 9.94. The summed E-state index contributed by atoms with van der Waals surface area (Å²) in [5.41, 5.74) is 2.13. The quantitative estimate of drug-likeness (QED) is 0.639. The summed E-state index contributed by atoms with van der Waals surface area (Å²) >= 11 is 0. The average Bonchev–Trinajstić information content (AvgIpc) is 3.33. The van der Waals surface area contributed by atoms with E-state index >= 15 is 0 Å². The topological polar surface area (TPSA) is 62.7 Å². The number of pyridine rings is 1. The van der Waals surface area contributed by atoms with Crippen LogP contribution in [-0.4, -0.2) is 55.5 Å². The Labute approximate surface area is 160 Å². The normalized spacial score (nSPS) is 17.6. The van der Waals surface area contributed by atoms with Gasteiger partial charge in [0.15, 0.2) is 5.82 Å². The van der Waals surface area contributed by atoms with E-state index in [4.69, 9.17) is 9.51 Å². The molecule has 0 saturated carbocycles. The lowest BCUT2D eigenvalue weighted by molar-refractivity contribution is 0.0839. The molecule has 7 heteroatoms. The minimum atomic E-state index is 0.172. The molecule has 0 amide bonds. The molecular formula is C20H28N6O. The van der Waals surface area contributed by atoms with Crippen molar-refractivity contribution in [2.24, 2.45) is 0 Å². The smallest absolute Gasteiger partial charge is 0.243 e. The zero-order valence-corrected chi connectivity index (χ0v) is 16.2. The molecular weight excluding hydrogens is 340 g/mol. The third-order valence-corrected chi connectivity index (χ3v) is 5.35. The van der Waals surface area contributed by atoms with Gasteiger partial charge in [-0.15, -0.1) is 0 Å². The van der Waals surface area contributed by atoms with Crippen LogP contribution >= 0.6 is 0 Å². The van der Waals surface area contributed by atoms with Crippen molar-refractivity contribution in [2.75, 3.05) is 26.2 Å². The van der Waals surface area contributed by atoms with Gasteiger partial charge in [-0.2, -0.15) is 4.98 Å². The highest BCUT2D eigenvalue weighted by atomic mass is 16.5. The van der Waals surface area contributed by atoms with Crippen LogP contribution in [0.3, 0.4) is 0 Å². The van der Waals surface area contributed by atoms with Gasteiger partial charge in [-0.25, -0.2) is 4.98 Å². The van der Waals surface area contributed by atoms with Crippen molar-refractivity contribution in [3.05, 3.63) is 48.0 Å². The summed E-state index contributed by atoms with van der Waals surface area (Å²) in [4.78, 5) is 14.2. The SMILES string of the molecule is CCCCc1noc(C(C)N2CCN(Cc3cn4ccccc4n3)CC2)n1. The Hall–Kier alpha value is -2.25. The zero-order valence-electron chi connectivity index (χ0n) is 16.2. The second kappa shape index (κ2) is 8.19. The molecule has 0 N–H and O–H groups in total. The number of fused-ring (bicyclic) bond motifs is 1. The summed E-state index contributed by atoms with van der Waals surface area (Å²) in [7, 11) is 0. The molecule has 1 saturated heterocycles. The van der Waals surface area contributed by atoms with E-state index in [0.29, 0.717) is 0 Å². The molecule has 0 aromatic carbocycles. The van der Waals surface area contributed by atoms with E-state index in [1.165, 1.54) is 0 Å². The predicted octanol–water partition coefficient (Wildman–Crippen LogP) is 2.94. The molecule has 0 radical (unpaired) electrons. The van der Waals surface area contributed by atoms with Crippen molar-refractivity contribution in [3.63, 3.8) is 0 Å². The number of rotatable bonds is 7. The lowest BCUT2D eigenvalue weighted by atomic mass is 10.2. The van der Waals surface area contributed by atoms with Gasteiger partial charge in [0.05, 0.1) is 11.7 Å². The maximum atomic E-state index is 5.50. The zero-order chi connectivity index (χ0) is 18.6. The van der Waals surface area contributed by atoms with E-state index in [2.05, 4.69) is 44.4 Å². The van der Waals surface area contributed by atoms with Crippen molar-refractivity contribution < 1.29 is 4.52 Å². The molecule has 27 heavy (non-hydrogen) atoms. The van der Waals surface area contributed by atoms with Crippen LogP contribution in [0, 0.1) is 0 Å². The third-order valence-electron chi connectivity index (χ3n) is 5.35. The molecule has 0 spiro atoms. The Morgan fingerprint density at radius 3 is 2.78 bits per heavy atom. The number of aryl methyl sites for hydroxylation is 1. The molecule has 7 nitrogen and oxygen atoms in total. The average molecular weight is 368 g/mol. The van der Waals surface area contributed by atoms with Crippen LogP contribution in [0.5, 0.6) is 0 Å². The molecule has 4 heterocycles.